The van der Waals surface area contributed by atoms with Crippen molar-refractivity contribution in [1.82, 2.24) is 0 Å². The first-order valence-electron chi connectivity index (χ1n) is 2.87. The molecule has 0 spiro atoms. The molecule has 0 amide bonds. The van der Waals surface area contributed by atoms with E-state index in [4.69, 9.17) is 10.2 Å². The first-order valence-corrected chi connectivity index (χ1v) is 4.83. The van der Waals surface area contributed by atoms with Crippen LogP contribution in [0.25, 0.3) is 0 Å². The van der Waals surface area contributed by atoms with Gasteiger partial charge >= 0.3 is 0 Å². The normalized spacial score (nSPS) is 18.4. The third-order valence-corrected chi connectivity index (χ3v) is 2.91. The van der Waals surface area contributed by atoms with Crippen molar-refractivity contribution in [2.24, 2.45) is 0 Å². The van der Waals surface area contributed by atoms with Gasteiger partial charge in [-0.25, -0.2) is 8.42 Å². The van der Waals surface area contributed by atoms with E-state index in [1.54, 1.807) is 0 Å². The van der Waals surface area contributed by atoms with Crippen LogP contribution in [0, 0.1) is 0 Å². The van der Waals surface area contributed by atoms with Crippen LogP contribution in [-0.4, -0.2) is 42.8 Å². The molecule has 0 saturated heterocycles. The van der Waals surface area contributed by atoms with E-state index < -0.39 is 27.8 Å². The van der Waals surface area contributed by atoms with Crippen molar-refractivity contribution in [3.05, 3.63) is 0 Å². The lowest BCUT2D eigenvalue weighted by molar-refractivity contribution is 0.152. The summed E-state index contributed by atoms with van der Waals surface area (Å²) in [5.41, 5.74) is 0. The number of sulfone groups is 1. The van der Waals surface area contributed by atoms with E-state index in [9.17, 15) is 8.42 Å². The van der Waals surface area contributed by atoms with E-state index >= 15 is 0 Å². The van der Waals surface area contributed by atoms with Crippen LogP contribution < -0.4 is 0 Å². The lowest BCUT2D eigenvalue weighted by atomic mass is 10.3. The summed E-state index contributed by atoms with van der Waals surface area (Å²) < 4.78 is 21.4. The molecule has 0 fully saturated rings. The van der Waals surface area contributed by atoms with Crippen LogP contribution in [0.15, 0.2) is 0 Å². The van der Waals surface area contributed by atoms with Crippen molar-refractivity contribution < 1.29 is 18.6 Å². The molecule has 10 heavy (non-hydrogen) atoms. The summed E-state index contributed by atoms with van der Waals surface area (Å²) in [6.07, 6.45) is -0.0272. The largest absolute Gasteiger partial charge is 0.395 e. The molecule has 0 saturated carbocycles. The Bertz CT molecular complexity index is 182. The number of rotatable bonds is 3. The molecule has 4 nitrogen and oxygen atoms in total. The van der Waals surface area contributed by atoms with Gasteiger partial charge in [0, 0.05) is 6.26 Å². The van der Waals surface area contributed by atoms with Crippen molar-refractivity contribution in [2.45, 2.75) is 18.3 Å². The van der Waals surface area contributed by atoms with E-state index in [0.717, 1.165) is 6.26 Å². The Morgan fingerprint density at radius 2 is 1.90 bits per heavy atom. The van der Waals surface area contributed by atoms with Gasteiger partial charge in [-0.3, -0.25) is 0 Å². The van der Waals surface area contributed by atoms with Crippen molar-refractivity contribution in [3.63, 3.8) is 0 Å². The third kappa shape index (κ3) is 2.64. The summed E-state index contributed by atoms with van der Waals surface area (Å²) >= 11 is 0. The van der Waals surface area contributed by atoms with Crippen molar-refractivity contribution in [3.8, 4) is 0 Å². The molecule has 0 aromatic carbocycles. The van der Waals surface area contributed by atoms with Gasteiger partial charge < -0.3 is 10.2 Å². The van der Waals surface area contributed by atoms with Crippen molar-refractivity contribution in [1.29, 1.82) is 0 Å². The molecule has 0 aliphatic carbocycles. The molecule has 2 unspecified atom stereocenters. The Kier molecular flexibility index (Phi) is 3.27. The minimum absolute atomic E-state index is 0.531. The minimum atomic E-state index is -3.31. The standard InChI is InChI=1S/C5H12O4S/c1-4(7)5(3-6)10(2,8)9/h4-7H,3H2,1-2H3. The highest BCUT2D eigenvalue weighted by atomic mass is 32.2. The van der Waals surface area contributed by atoms with Crippen LogP contribution in [0.1, 0.15) is 6.92 Å². The van der Waals surface area contributed by atoms with Gasteiger partial charge in [0.2, 0.25) is 0 Å². The number of aliphatic hydroxyl groups is 2. The molecule has 5 heteroatoms. The Labute approximate surface area is 60.4 Å². The lowest BCUT2D eigenvalue weighted by Gasteiger charge is -2.13. The van der Waals surface area contributed by atoms with Crippen LogP contribution >= 0.6 is 0 Å². The summed E-state index contributed by atoms with van der Waals surface area (Å²) in [6, 6.07) is 0. The highest BCUT2D eigenvalue weighted by Crippen LogP contribution is 2.02. The molecule has 0 heterocycles. The number of hydrogen-bond donors (Lipinski definition) is 2. The molecular weight excluding hydrogens is 156 g/mol. The Morgan fingerprint density at radius 1 is 1.50 bits per heavy atom. The first kappa shape index (κ1) is 9.87. The van der Waals surface area contributed by atoms with Crippen LogP contribution in [0.2, 0.25) is 0 Å². The van der Waals surface area contributed by atoms with Gasteiger partial charge in [-0.15, -0.1) is 0 Å². The van der Waals surface area contributed by atoms with Crippen LogP contribution in [0.5, 0.6) is 0 Å². The van der Waals surface area contributed by atoms with Crippen molar-refractivity contribution >= 4 is 9.84 Å². The maximum Gasteiger partial charge on any atom is 0.155 e. The SMILES string of the molecule is CC(O)C(CO)S(C)(=O)=O. The van der Waals surface area contributed by atoms with E-state index in [2.05, 4.69) is 0 Å². The predicted molar refractivity (Wildman–Crippen MR) is 37.4 cm³/mol. The van der Waals surface area contributed by atoms with Crippen LogP contribution in [0.4, 0.5) is 0 Å². The Morgan fingerprint density at radius 3 is 1.90 bits per heavy atom. The molecule has 2 atom stereocenters. The summed E-state index contributed by atoms with van der Waals surface area (Å²) in [4.78, 5) is 0. The Balaban J connectivity index is 4.38. The van der Waals surface area contributed by atoms with E-state index in [-0.39, 0.29) is 0 Å². The summed E-state index contributed by atoms with van der Waals surface area (Å²) in [5, 5.41) is 16.3. The van der Waals surface area contributed by atoms with Gasteiger partial charge in [0.25, 0.3) is 0 Å². The maximum atomic E-state index is 10.7. The molecule has 0 aliphatic heterocycles. The number of aliphatic hydroxyl groups excluding tert-OH is 2. The smallest absolute Gasteiger partial charge is 0.155 e. The maximum absolute atomic E-state index is 10.7. The second-order valence-electron chi connectivity index (χ2n) is 2.29. The average molecular weight is 168 g/mol. The van der Waals surface area contributed by atoms with Crippen LogP contribution in [0.3, 0.4) is 0 Å². The highest BCUT2D eigenvalue weighted by Gasteiger charge is 2.24. The zero-order valence-corrected chi connectivity index (χ0v) is 6.80. The zero-order chi connectivity index (χ0) is 8.36. The summed E-state index contributed by atoms with van der Waals surface area (Å²) in [7, 11) is -3.31. The molecule has 0 aliphatic rings. The number of hydrogen-bond acceptors (Lipinski definition) is 4. The predicted octanol–water partition coefficient (Wildman–Crippen LogP) is -1.23. The van der Waals surface area contributed by atoms with Gasteiger partial charge in [0.05, 0.1) is 12.7 Å². The topological polar surface area (TPSA) is 74.6 Å². The lowest BCUT2D eigenvalue weighted by Crippen LogP contribution is -2.34. The summed E-state index contributed by atoms with van der Waals surface area (Å²) in [5.74, 6) is 0. The molecule has 0 aromatic heterocycles. The quantitative estimate of drug-likeness (QED) is 0.553. The van der Waals surface area contributed by atoms with Gasteiger partial charge in [0.1, 0.15) is 5.25 Å². The fourth-order valence-corrected chi connectivity index (χ4v) is 1.63. The second-order valence-corrected chi connectivity index (χ2v) is 4.56. The van der Waals surface area contributed by atoms with Crippen molar-refractivity contribution in [2.75, 3.05) is 12.9 Å². The van der Waals surface area contributed by atoms with Gasteiger partial charge in [-0.1, -0.05) is 0 Å². The van der Waals surface area contributed by atoms with Gasteiger partial charge in [-0.05, 0) is 6.92 Å². The first-order chi connectivity index (χ1) is 4.39. The fourth-order valence-electron chi connectivity index (χ4n) is 0.646. The molecule has 0 radical (unpaired) electrons. The third-order valence-electron chi connectivity index (χ3n) is 1.27. The molecule has 62 valence electrons. The molecule has 0 rings (SSSR count). The van der Waals surface area contributed by atoms with E-state index in [0.29, 0.717) is 0 Å². The van der Waals surface area contributed by atoms with Crippen LogP contribution in [-0.2, 0) is 9.84 Å². The van der Waals surface area contributed by atoms with Gasteiger partial charge in [0.15, 0.2) is 9.84 Å². The second kappa shape index (κ2) is 3.32. The molecular formula is C5H12O4S. The van der Waals surface area contributed by atoms with E-state index in [1.807, 2.05) is 0 Å². The highest BCUT2D eigenvalue weighted by molar-refractivity contribution is 7.91. The van der Waals surface area contributed by atoms with Gasteiger partial charge in [-0.2, -0.15) is 0 Å². The molecule has 0 bridgehead atoms. The molecule has 2 N–H and O–H groups in total. The monoisotopic (exact) mass is 168 g/mol. The Hall–Kier alpha value is -0.130. The zero-order valence-electron chi connectivity index (χ0n) is 5.98. The fraction of sp³-hybridized carbons (Fsp3) is 1.00. The average Bonchev–Trinajstić information content (AvgIpc) is 1.60. The minimum Gasteiger partial charge on any atom is -0.395 e. The van der Waals surface area contributed by atoms with E-state index in [1.165, 1.54) is 6.92 Å². The molecule has 0 aromatic rings. The summed E-state index contributed by atoms with van der Waals surface area (Å²) in [6.45, 7) is 0.804.